The summed E-state index contributed by atoms with van der Waals surface area (Å²) in [5.74, 6) is 0. The predicted molar refractivity (Wildman–Crippen MR) is 58.5 cm³/mol. The summed E-state index contributed by atoms with van der Waals surface area (Å²) in [7, 11) is 12.3. The second kappa shape index (κ2) is 5.75. The van der Waals surface area contributed by atoms with Gasteiger partial charge < -0.3 is 9.80 Å². The van der Waals surface area contributed by atoms with Crippen LogP contribution in [0.2, 0.25) is 0 Å². The van der Waals surface area contributed by atoms with E-state index in [2.05, 4.69) is 40.9 Å². The molecule has 0 aliphatic heterocycles. The van der Waals surface area contributed by atoms with Gasteiger partial charge in [-0.25, -0.2) is 4.58 Å². The summed E-state index contributed by atoms with van der Waals surface area (Å²) in [6.07, 6.45) is 4.28. The van der Waals surface area contributed by atoms with E-state index in [-0.39, 0.29) is 0 Å². The molecule has 0 heterocycles. The van der Waals surface area contributed by atoms with E-state index in [0.717, 1.165) is 6.54 Å². The molecule has 0 rings (SSSR count). The Morgan fingerprint density at radius 3 is 2.00 bits per heavy atom. The average molecular weight is 184 g/mol. The zero-order valence-electron chi connectivity index (χ0n) is 9.70. The van der Waals surface area contributed by atoms with Crippen molar-refractivity contribution < 1.29 is 4.58 Å². The van der Waals surface area contributed by atoms with Crippen molar-refractivity contribution in [3.8, 4) is 0 Å². The summed E-state index contributed by atoms with van der Waals surface area (Å²) < 4.78 is 2.07. The van der Waals surface area contributed by atoms with Gasteiger partial charge in [0.25, 0.3) is 0 Å². The summed E-state index contributed by atoms with van der Waals surface area (Å²) in [6, 6.07) is 0. The Hall–Kier alpha value is -0.830. The van der Waals surface area contributed by atoms with Crippen molar-refractivity contribution in [2.75, 3.05) is 48.8 Å². The van der Waals surface area contributed by atoms with Crippen LogP contribution in [-0.2, 0) is 0 Å². The smallest absolute Gasteiger partial charge is 0.168 e. The fourth-order valence-corrected chi connectivity index (χ4v) is 1.14. The fourth-order valence-electron chi connectivity index (χ4n) is 1.14. The minimum absolute atomic E-state index is 0.969. The first-order valence-electron chi connectivity index (χ1n) is 4.45. The minimum atomic E-state index is 0.969. The summed E-state index contributed by atoms with van der Waals surface area (Å²) in [6.45, 7) is 0.969. The van der Waals surface area contributed by atoms with E-state index in [1.54, 1.807) is 0 Å². The first kappa shape index (κ1) is 12.2. The lowest BCUT2D eigenvalue weighted by atomic mass is 10.3. The van der Waals surface area contributed by atoms with E-state index in [1.165, 1.54) is 5.57 Å². The third-order valence-corrected chi connectivity index (χ3v) is 1.35. The number of rotatable bonds is 4. The van der Waals surface area contributed by atoms with Crippen LogP contribution in [-0.4, -0.2) is 69.4 Å². The van der Waals surface area contributed by atoms with Crippen molar-refractivity contribution >= 4 is 6.21 Å². The molecule has 0 spiro atoms. The van der Waals surface area contributed by atoms with E-state index in [1.807, 2.05) is 28.2 Å². The number of hydrogen-bond acceptors (Lipinski definition) is 2. The lowest BCUT2D eigenvalue weighted by molar-refractivity contribution is -0.459. The van der Waals surface area contributed by atoms with Gasteiger partial charge in [0, 0.05) is 32.4 Å². The molecule has 0 aromatic rings. The first-order chi connectivity index (χ1) is 5.91. The van der Waals surface area contributed by atoms with Gasteiger partial charge in [0.1, 0.15) is 14.1 Å². The molecule has 0 aromatic carbocycles. The third kappa shape index (κ3) is 7.53. The average Bonchev–Trinajstić information content (AvgIpc) is 1.80. The van der Waals surface area contributed by atoms with Crippen molar-refractivity contribution in [1.29, 1.82) is 0 Å². The maximum absolute atomic E-state index is 2.16. The molecule has 0 bridgehead atoms. The summed E-state index contributed by atoms with van der Waals surface area (Å²) in [5.41, 5.74) is 1.31. The van der Waals surface area contributed by atoms with Crippen molar-refractivity contribution in [1.82, 2.24) is 9.80 Å². The van der Waals surface area contributed by atoms with E-state index >= 15 is 0 Å². The maximum atomic E-state index is 2.16. The molecule has 3 heteroatoms. The van der Waals surface area contributed by atoms with Gasteiger partial charge in [0.2, 0.25) is 0 Å². The highest BCUT2D eigenvalue weighted by Crippen LogP contribution is 1.93. The van der Waals surface area contributed by atoms with Crippen molar-refractivity contribution in [3.05, 3.63) is 11.8 Å². The monoisotopic (exact) mass is 184 g/mol. The minimum Gasteiger partial charge on any atom is -0.383 e. The van der Waals surface area contributed by atoms with Crippen molar-refractivity contribution in [2.24, 2.45) is 0 Å². The Kier molecular flexibility index (Phi) is 5.39. The van der Waals surface area contributed by atoms with E-state index in [9.17, 15) is 0 Å². The molecule has 13 heavy (non-hydrogen) atoms. The molecule has 0 saturated carbocycles. The van der Waals surface area contributed by atoms with Gasteiger partial charge in [-0.15, -0.1) is 0 Å². The van der Waals surface area contributed by atoms with Crippen LogP contribution < -0.4 is 0 Å². The molecule has 76 valence electrons. The molecule has 0 aliphatic rings. The number of hydrogen-bond donors (Lipinski definition) is 0. The lowest BCUT2D eigenvalue weighted by Gasteiger charge is -2.11. The molecule has 0 aromatic heterocycles. The van der Waals surface area contributed by atoms with Gasteiger partial charge in [0.05, 0.1) is 0 Å². The zero-order chi connectivity index (χ0) is 10.4. The normalized spacial score (nSPS) is 11.8. The highest BCUT2D eigenvalue weighted by molar-refractivity contribution is 5.74. The molecule has 0 fully saturated rings. The van der Waals surface area contributed by atoms with Crippen LogP contribution in [0, 0.1) is 0 Å². The van der Waals surface area contributed by atoms with Crippen LogP contribution in [0.3, 0.4) is 0 Å². The lowest BCUT2D eigenvalue weighted by Crippen LogP contribution is -2.19. The summed E-state index contributed by atoms with van der Waals surface area (Å²) >= 11 is 0. The Morgan fingerprint density at radius 2 is 1.69 bits per heavy atom. The SMILES string of the molecule is CN(C)C=C(C=[N+](C)C)CN(C)C. The largest absolute Gasteiger partial charge is 0.383 e. The van der Waals surface area contributed by atoms with Gasteiger partial charge in [-0.1, -0.05) is 0 Å². The molecule has 0 radical (unpaired) electrons. The van der Waals surface area contributed by atoms with Gasteiger partial charge in [0.15, 0.2) is 6.21 Å². The van der Waals surface area contributed by atoms with E-state index in [0.29, 0.717) is 0 Å². The van der Waals surface area contributed by atoms with Crippen LogP contribution in [0.4, 0.5) is 0 Å². The highest BCUT2D eigenvalue weighted by atomic mass is 15.1. The first-order valence-corrected chi connectivity index (χ1v) is 4.45. The van der Waals surface area contributed by atoms with Gasteiger partial charge in [-0.05, 0) is 14.1 Å². The Bertz CT molecular complexity index is 198. The third-order valence-electron chi connectivity index (χ3n) is 1.35. The van der Waals surface area contributed by atoms with Gasteiger partial charge in [-0.2, -0.15) is 0 Å². The van der Waals surface area contributed by atoms with Crippen LogP contribution >= 0.6 is 0 Å². The van der Waals surface area contributed by atoms with Crippen LogP contribution in [0.1, 0.15) is 0 Å². The van der Waals surface area contributed by atoms with Gasteiger partial charge in [-0.3, -0.25) is 0 Å². The zero-order valence-corrected chi connectivity index (χ0v) is 9.70. The van der Waals surface area contributed by atoms with E-state index in [4.69, 9.17) is 0 Å². The molecule has 0 atom stereocenters. The Labute approximate surface area is 82.0 Å². The molecule has 0 unspecified atom stereocenters. The van der Waals surface area contributed by atoms with Crippen LogP contribution in [0.25, 0.3) is 0 Å². The predicted octanol–water partition coefficient (Wildman–Crippen LogP) is 0.336. The standard InChI is InChI=1S/C10H22N3/c1-11(2)7-10(8-12(3)4)9-13(5)6/h7-8H,9H2,1-6H3/q+1. The Balaban J connectivity index is 4.46. The second-order valence-electron chi connectivity index (χ2n) is 4.00. The molecular formula is C10H22N3+. The number of nitrogens with zero attached hydrogens (tertiary/aromatic N) is 3. The van der Waals surface area contributed by atoms with Crippen LogP contribution in [0.5, 0.6) is 0 Å². The fraction of sp³-hybridized carbons (Fsp3) is 0.700. The molecule has 3 nitrogen and oxygen atoms in total. The van der Waals surface area contributed by atoms with Crippen LogP contribution in [0.15, 0.2) is 11.8 Å². The summed E-state index contributed by atoms with van der Waals surface area (Å²) in [4.78, 5) is 4.23. The second-order valence-corrected chi connectivity index (χ2v) is 4.00. The Morgan fingerprint density at radius 1 is 1.15 bits per heavy atom. The molecule has 0 aliphatic carbocycles. The molecule has 0 N–H and O–H groups in total. The highest BCUT2D eigenvalue weighted by Gasteiger charge is 2.00. The molecular weight excluding hydrogens is 162 g/mol. The number of likely N-dealkylation sites (N-methyl/N-ethyl adjacent to an activating group) is 1. The summed E-state index contributed by atoms with van der Waals surface area (Å²) in [5, 5.41) is 0. The quantitative estimate of drug-likeness (QED) is 0.460. The maximum Gasteiger partial charge on any atom is 0.168 e. The van der Waals surface area contributed by atoms with E-state index < -0.39 is 0 Å². The van der Waals surface area contributed by atoms with Crippen molar-refractivity contribution in [2.45, 2.75) is 0 Å². The topological polar surface area (TPSA) is 9.49 Å². The molecule has 0 saturated heterocycles. The molecule has 0 amide bonds. The van der Waals surface area contributed by atoms with Gasteiger partial charge >= 0.3 is 0 Å². The van der Waals surface area contributed by atoms with Crippen molar-refractivity contribution in [3.63, 3.8) is 0 Å².